The maximum atomic E-state index is 13.1. The lowest BCUT2D eigenvalue weighted by Gasteiger charge is -2.34. The number of aryl methyl sites for hydroxylation is 1. The van der Waals surface area contributed by atoms with E-state index in [0.29, 0.717) is 48.7 Å². The van der Waals surface area contributed by atoms with Crippen LogP contribution in [0.15, 0.2) is 17.2 Å². The van der Waals surface area contributed by atoms with E-state index in [9.17, 15) is 23.4 Å². The van der Waals surface area contributed by atoms with Crippen molar-refractivity contribution in [3.05, 3.63) is 44.6 Å². The summed E-state index contributed by atoms with van der Waals surface area (Å²) in [6, 6.07) is 2.05. The average Bonchev–Trinajstić information content (AvgIpc) is 3.49. The lowest BCUT2D eigenvalue weighted by molar-refractivity contribution is -0.137. The first kappa shape index (κ1) is 21.8. The van der Waals surface area contributed by atoms with Crippen LogP contribution in [0, 0.1) is 6.92 Å². The predicted molar refractivity (Wildman–Crippen MR) is 107 cm³/mol. The summed E-state index contributed by atoms with van der Waals surface area (Å²) in [4.78, 5) is 6.21. The van der Waals surface area contributed by atoms with Crippen LogP contribution in [0.5, 0.6) is 11.5 Å². The van der Waals surface area contributed by atoms with Gasteiger partial charge in [-0.25, -0.2) is 4.98 Å². The molecular weight excluding hydrogens is 464 g/mol. The molecule has 2 aliphatic heterocycles. The Kier molecular flexibility index (Phi) is 5.55. The number of thioether (sulfide) groups is 1. The van der Waals surface area contributed by atoms with Crippen molar-refractivity contribution in [2.75, 3.05) is 18.9 Å². The van der Waals surface area contributed by atoms with Crippen LogP contribution in [-0.2, 0) is 23.9 Å². The fraction of sp³-hybridized carbons (Fsp3) is 0.421. The smallest absolute Gasteiger partial charge is 0.416 e. The minimum Gasteiger partial charge on any atom is -0.503 e. The third kappa shape index (κ3) is 3.93. The zero-order valence-corrected chi connectivity index (χ0v) is 18.0. The monoisotopic (exact) mass is 480 g/mol. The molecule has 0 saturated carbocycles. The van der Waals surface area contributed by atoms with Crippen molar-refractivity contribution in [1.29, 1.82) is 0 Å². The Morgan fingerprint density at radius 2 is 1.83 bits per heavy atom. The highest BCUT2D eigenvalue weighted by atomic mass is 35.5. The summed E-state index contributed by atoms with van der Waals surface area (Å²) in [5, 5.41) is 20.3. The number of hydrogen-bond acceptors (Lipinski definition) is 6. The molecule has 1 saturated heterocycles. The van der Waals surface area contributed by atoms with E-state index in [1.54, 1.807) is 0 Å². The fourth-order valence-electron chi connectivity index (χ4n) is 3.55. The third-order valence-corrected chi connectivity index (χ3v) is 7.19. The van der Waals surface area contributed by atoms with Crippen molar-refractivity contribution in [3.63, 3.8) is 0 Å². The SMILES string of the molecule is Cc1cc(C(F)(F)F)cc(SCC2(N3CCc4c(Cl)c(O)c(O)c(Cl)c4C3)CO2)n1. The topological polar surface area (TPSA) is 69.1 Å². The zero-order valence-electron chi connectivity index (χ0n) is 15.7. The zero-order chi connectivity index (χ0) is 21.8. The summed E-state index contributed by atoms with van der Waals surface area (Å²) in [6.45, 7) is 2.83. The van der Waals surface area contributed by atoms with Crippen LogP contribution < -0.4 is 0 Å². The molecule has 2 aromatic rings. The van der Waals surface area contributed by atoms with Crippen LogP contribution >= 0.6 is 35.0 Å². The minimum atomic E-state index is -4.43. The highest BCUT2D eigenvalue weighted by Crippen LogP contribution is 2.48. The number of halogens is 5. The Morgan fingerprint density at radius 3 is 2.43 bits per heavy atom. The summed E-state index contributed by atoms with van der Waals surface area (Å²) < 4.78 is 44.9. The van der Waals surface area contributed by atoms with Gasteiger partial charge >= 0.3 is 6.18 Å². The van der Waals surface area contributed by atoms with Gasteiger partial charge in [0.2, 0.25) is 0 Å². The van der Waals surface area contributed by atoms with Gasteiger partial charge in [0.25, 0.3) is 0 Å². The maximum absolute atomic E-state index is 13.1. The Morgan fingerprint density at radius 1 is 1.20 bits per heavy atom. The van der Waals surface area contributed by atoms with Crippen molar-refractivity contribution >= 4 is 35.0 Å². The predicted octanol–water partition coefficient (Wildman–Crippen LogP) is 5.00. The van der Waals surface area contributed by atoms with Crippen molar-refractivity contribution in [2.24, 2.45) is 0 Å². The number of fused-ring (bicyclic) bond motifs is 1. The van der Waals surface area contributed by atoms with E-state index in [2.05, 4.69) is 4.98 Å². The minimum absolute atomic E-state index is 0.0372. The number of benzene rings is 1. The van der Waals surface area contributed by atoms with E-state index in [1.165, 1.54) is 18.7 Å². The number of pyridine rings is 1. The molecule has 2 aliphatic rings. The quantitative estimate of drug-likeness (QED) is 0.364. The standard InChI is InChI=1S/C19H17Cl2F3N2O3S/c1-9-4-10(19(22,23)24)5-13(25-9)30-8-18(7-29-18)26-3-2-11-12(6-26)15(21)17(28)16(27)14(11)20/h4-5,27-28H,2-3,6-8H2,1H3. The third-order valence-electron chi connectivity index (χ3n) is 5.27. The van der Waals surface area contributed by atoms with Crippen molar-refractivity contribution < 1.29 is 28.1 Å². The highest BCUT2D eigenvalue weighted by Gasteiger charge is 2.51. The van der Waals surface area contributed by atoms with E-state index in [0.717, 1.165) is 12.1 Å². The molecule has 1 aromatic carbocycles. The molecule has 1 atom stereocenters. The Balaban J connectivity index is 1.53. The van der Waals surface area contributed by atoms with E-state index in [1.807, 2.05) is 4.90 Å². The normalized spacial score (nSPS) is 21.5. The summed E-state index contributed by atoms with van der Waals surface area (Å²) in [5.41, 5.74) is 0.187. The molecule has 162 valence electrons. The second kappa shape index (κ2) is 7.63. The van der Waals surface area contributed by atoms with Crippen LogP contribution in [0.1, 0.15) is 22.4 Å². The highest BCUT2D eigenvalue weighted by molar-refractivity contribution is 7.99. The van der Waals surface area contributed by atoms with Crippen LogP contribution in [0.3, 0.4) is 0 Å². The largest absolute Gasteiger partial charge is 0.503 e. The maximum Gasteiger partial charge on any atom is 0.416 e. The van der Waals surface area contributed by atoms with Gasteiger partial charge in [-0.05, 0) is 36.6 Å². The van der Waals surface area contributed by atoms with Gasteiger partial charge in [0, 0.05) is 24.5 Å². The number of ether oxygens (including phenoxy) is 1. The lowest BCUT2D eigenvalue weighted by Crippen LogP contribution is -2.44. The van der Waals surface area contributed by atoms with Crippen LogP contribution in [0.2, 0.25) is 10.0 Å². The number of phenolic OH excluding ortho intramolecular Hbond substituents is 2. The van der Waals surface area contributed by atoms with Gasteiger partial charge in [0.05, 0.1) is 27.2 Å². The molecule has 5 nitrogen and oxygen atoms in total. The number of phenols is 2. The van der Waals surface area contributed by atoms with Gasteiger partial charge in [-0.1, -0.05) is 23.2 Å². The van der Waals surface area contributed by atoms with Crippen LogP contribution in [0.4, 0.5) is 13.2 Å². The second-order valence-corrected chi connectivity index (χ2v) is 9.06. The molecule has 1 unspecified atom stereocenters. The summed E-state index contributed by atoms with van der Waals surface area (Å²) >= 11 is 13.6. The lowest BCUT2D eigenvalue weighted by atomic mass is 9.97. The number of epoxide rings is 1. The molecule has 0 amide bonds. The summed E-state index contributed by atoms with van der Waals surface area (Å²) in [7, 11) is 0. The number of aromatic hydroxyl groups is 2. The molecule has 11 heteroatoms. The molecule has 3 heterocycles. The number of rotatable bonds is 4. The van der Waals surface area contributed by atoms with E-state index in [4.69, 9.17) is 27.9 Å². The van der Waals surface area contributed by atoms with Gasteiger partial charge in [-0.3, -0.25) is 4.90 Å². The average molecular weight is 481 g/mol. The van der Waals surface area contributed by atoms with Gasteiger partial charge in [-0.15, -0.1) is 11.8 Å². The molecular formula is C19H17Cl2F3N2O3S. The van der Waals surface area contributed by atoms with Gasteiger partial charge < -0.3 is 14.9 Å². The second-order valence-electron chi connectivity index (χ2n) is 7.31. The Labute approximate surface area is 184 Å². The van der Waals surface area contributed by atoms with Gasteiger partial charge in [0.1, 0.15) is 0 Å². The number of hydrogen-bond donors (Lipinski definition) is 2. The molecule has 0 spiro atoms. The molecule has 1 fully saturated rings. The number of nitrogens with zero attached hydrogens (tertiary/aromatic N) is 2. The fourth-order valence-corrected chi connectivity index (χ4v) is 5.25. The molecule has 0 radical (unpaired) electrons. The summed E-state index contributed by atoms with van der Waals surface area (Å²) in [5.74, 6) is -0.523. The number of alkyl halides is 3. The molecule has 2 N–H and O–H groups in total. The first-order chi connectivity index (χ1) is 14.0. The molecule has 0 bridgehead atoms. The van der Waals surface area contributed by atoms with Crippen LogP contribution in [-0.4, -0.2) is 44.7 Å². The van der Waals surface area contributed by atoms with E-state index >= 15 is 0 Å². The molecule has 4 rings (SSSR count). The van der Waals surface area contributed by atoms with E-state index in [-0.39, 0.29) is 15.1 Å². The molecule has 1 aromatic heterocycles. The Hall–Kier alpha value is -1.39. The van der Waals surface area contributed by atoms with Crippen LogP contribution in [0.25, 0.3) is 0 Å². The first-order valence-corrected chi connectivity index (χ1v) is 10.7. The number of aromatic nitrogens is 1. The van der Waals surface area contributed by atoms with Crippen molar-refractivity contribution in [1.82, 2.24) is 9.88 Å². The summed E-state index contributed by atoms with van der Waals surface area (Å²) in [6.07, 6.45) is -3.95. The van der Waals surface area contributed by atoms with Gasteiger partial charge in [0.15, 0.2) is 17.2 Å². The van der Waals surface area contributed by atoms with Crippen molar-refractivity contribution in [3.8, 4) is 11.5 Å². The van der Waals surface area contributed by atoms with Gasteiger partial charge in [-0.2, -0.15) is 13.2 Å². The molecule has 0 aliphatic carbocycles. The van der Waals surface area contributed by atoms with Crippen molar-refractivity contribution in [2.45, 2.75) is 36.8 Å². The first-order valence-electron chi connectivity index (χ1n) is 9.00. The Bertz CT molecular complexity index is 1020. The molecule has 30 heavy (non-hydrogen) atoms. The van der Waals surface area contributed by atoms with E-state index < -0.39 is 29.0 Å².